The molecule has 1 aromatic carbocycles. The van der Waals surface area contributed by atoms with Gasteiger partial charge in [-0.1, -0.05) is 0 Å². The van der Waals surface area contributed by atoms with E-state index in [1.54, 1.807) is 0 Å². The Balaban J connectivity index is 2.11. The number of aliphatic hydroxyl groups is 1. The fourth-order valence-electron chi connectivity index (χ4n) is 3.70. The van der Waals surface area contributed by atoms with Crippen molar-refractivity contribution in [2.45, 2.75) is 54.1 Å². The first-order chi connectivity index (χ1) is 11.2. The van der Waals surface area contributed by atoms with Gasteiger partial charge in [-0.05, 0) is 49.4 Å². The number of hydrogen-bond acceptors (Lipinski definition) is 3. The third-order valence-electron chi connectivity index (χ3n) is 5.00. The molecule has 2 heterocycles. The van der Waals surface area contributed by atoms with Crippen LogP contribution in [0.3, 0.4) is 0 Å². The molecule has 140 valence electrons. The standard InChI is InChI=1S/C15H14F6O3S/c16-14(17,18)9-3-8(4-10(5-9)15(19,20)21)13(22)6-11-1-2-12(7-13)25(11,23)24/h3-5,11-12,22H,1-2,6-7H2. The fourth-order valence-corrected chi connectivity index (χ4v) is 6.19. The fraction of sp³-hybridized carbons (Fsp3) is 0.600. The molecule has 25 heavy (non-hydrogen) atoms. The van der Waals surface area contributed by atoms with Crippen LogP contribution in [-0.4, -0.2) is 24.0 Å². The number of sulfone groups is 1. The van der Waals surface area contributed by atoms with E-state index in [0.717, 1.165) is 0 Å². The van der Waals surface area contributed by atoms with Crippen molar-refractivity contribution >= 4 is 9.84 Å². The Morgan fingerprint density at radius 1 is 0.880 bits per heavy atom. The summed E-state index contributed by atoms with van der Waals surface area (Å²) in [6.07, 6.45) is -10.3. The third kappa shape index (κ3) is 3.14. The SMILES string of the molecule is O=S1(=O)C2CCC1CC(O)(c1cc(C(F)(F)F)cc(C(F)(F)F)c1)C2. The molecular weight excluding hydrogens is 374 g/mol. The molecule has 10 heteroatoms. The predicted octanol–water partition coefficient (Wildman–Crippen LogP) is 3.65. The summed E-state index contributed by atoms with van der Waals surface area (Å²) >= 11 is 0. The smallest absolute Gasteiger partial charge is 0.385 e. The molecule has 2 fully saturated rings. The van der Waals surface area contributed by atoms with Gasteiger partial charge in [0.1, 0.15) is 0 Å². The molecule has 3 rings (SSSR count). The Morgan fingerprint density at radius 3 is 1.64 bits per heavy atom. The number of hydrogen-bond donors (Lipinski definition) is 1. The molecule has 0 saturated carbocycles. The van der Waals surface area contributed by atoms with Gasteiger partial charge < -0.3 is 5.11 Å². The van der Waals surface area contributed by atoms with Gasteiger partial charge in [-0.2, -0.15) is 26.3 Å². The average molecular weight is 388 g/mol. The van der Waals surface area contributed by atoms with Crippen LogP contribution < -0.4 is 0 Å². The minimum atomic E-state index is -5.02. The van der Waals surface area contributed by atoms with Crippen LogP contribution >= 0.6 is 0 Å². The van der Waals surface area contributed by atoms with Gasteiger partial charge in [-0.3, -0.25) is 0 Å². The van der Waals surface area contributed by atoms with Crippen molar-refractivity contribution in [3.63, 3.8) is 0 Å². The van der Waals surface area contributed by atoms with Gasteiger partial charge in [0.2, 0.25) is 0 Å². The van der Waals surface area contributed by atoms with Gasteiger partial charge in [-0.25, -0.2) is 8.42 Å². The lowest BCUT2D eigenvalue weighted by Gasteiger charge is -2.37. The number of halogens is 6. The molecule has 2 saturated heterocycles. The highest BCUT2D eigenvalue weighted by molar-refractivity contribution is 7.93. The van der Waals surface area contributed by atoms with E-state index >= 15 is 0 Å². The highest BCUT2D eigenvalue weighted by atomic mass is 32.2. The van der Waals surface area contributed by atoms with Crippen LogP contribution in [0.15, 0.2) is 18.2 Å². The Bertz CT molecular complexity index is 744. The normalized spacial score (nSPS) is 32.0. The monoisotopic (exact) mass is 388 g/mol. The van der Waals surface area contributed by atoms with Gasteiger partial charge in [0, 0.05) is 0 Å². The Kier molecular flexibility index (Phi) is 3.96. The summed E-state index contributed by atoms with van der Waals surface area (Å²) in [5.74, 6) is 0. The van der Waals surface area contributed by atoms with Crippen molar-refractivity contribution in [3.8, 4) is 0 Å². The second kappa shape index (κ2) is 5.35. The summed E-state index contributed by atoms with van der Waals surface area (Å²) in [5, 5.41) is 8.85. The number of rotatable bonds is 1. The molecule has 2 aliphatic rings. The number of alkyl halides is 6. The van der Waals surface area contributed by atoms with E-state index in [0.29, 0.717) is 12.1 Å². The Hall–Kier alpha value is -1.29. The van der Waals surface area contributed by atoms with Crippen molar-refractivity contribution in [2.75, 3.05) is 0 Å². The lowest BCUT2D eigenvalue weighted by atomic mass is 9.84. The third-order valence-corrected chi connectivity index (χ3v) is 7.66. The van der Waals surface area contributed by atoms with Crippen molar-refractivity contribution in [3.05, 3.63) is 34.9 Å². The van der Waals surface area contributed by atoms with E-state index in [9.17, 15) is 39.9 Å². The summed E-state index contributed by atoms with van der Waals surface area (Å²) in [6.45, 7) is 0. The molecule has 1 N–H and O–H groups in total. The van der Waals surface area contributed by atoms with Crippen molar-refractivity contribution in [2.24, 2.45) is 0 Å². The lowest BCUT2D eigenvalue weighted by Crippen LogP contribution is -2.43. The molecule has 2 aliphatic heterocycles. The zero-order valence-electron chi connectivity index (χ0n) is 12.7. The summed E-state index contributed by atoms with van der Waals surface area (Å²) in [4.78, 5) is 0. The molecular formula is C15H14F6O3S. The molecule has 0 amide bonds. The van der Waals surface area contributed by atoms with E-state index in [4.69, 9.17) is 0 Å². The van der Waals surface area contributed by atoms with Gasteiger partial charge in [0.25, 0.3) is 0 Å². The predicted molar refractivity (Wildman–Crippen MR) is 75.3 cm³/mol. The van der Waals surface area contributed by atoms with Gasteiger partial charge in [-0.15, -0.1) is 0 Å². The highest BCUT2D eigenvalue weighted by Gasteiger charge is 2.53. The minimum absolute atomic E-state index is 0.0129. The minimum Gasteiger partial charge on any atom is -0.385 e. The van der Waals surface area contributed by atoms with Crippen molar-refractivity contribution in [1.29, 1.82) is 0 Å². The van der Waals surface area contributed by atoms with E-state index in [-0.39, 0.29) is 18.9 Å². The molecule has 2 unspecified atom stereocenters. The molecule has 0 spiro atoms. The van der Waals surface area contributed by atoms with Gasteiger partial charge >= 0.3 is 12.4 Å². The second-order valence-corrected chi connectivity index (χ2v) is 9.16. The first-order valence-electron chi connectivity index (χ1n) is 7.48. The molecule has 3 nitrogen and oxygen atoms in total. The van der Waals surface area contributed by atoms with Crippen LogP contribution in [0.1, 0.15) is 42.4 Å². The van der Waals surface area contributed by atoms with E-state index in [2.05, 4.69) is 0 Å². The molecule has 1 aromatic rings. The first-order valence-corrected chi connectivity index (χ1v) is 9.09. The van der Waals surface area contributed by atoms with Crippen LogP contribution in [0.2, 0.25) is 0 Å². The van der Waals surface area contributed by atoms with E-state index in [1.807, 2.05) is 0 Å². The maximum Gasteiger partial charge on any atom is 0.416 e. The van der Waals surface area contributed by atoms with Crippen LogP contribution in [0.25, 0.3) is 0 Å². The number of benzene rings is 1. The van der Waals surface area contributed by atoms with E-state index < -0.39 is 67.8 Å². The van der Waals surface area contributed by atoms with E-state index in [1.165, 1.54) is 0 Å². The van der Waals surface area contributed by atoms with Crippen LogP contribution in [0, 0.1) is 0 Å². The molecule has 2 bridgehead atoms. The van der Waals surface area contributed by atoms with Crippen molar-refractivity contribution < 1.29 is 39.9 Å². The average Bonchev–Trinajstić information content (AvgIpc) is 2.63. The maximum absolute atomic E-state index is 13.0. The lowest BCUT2D eigenvalue weighted by molar-refractivity contribution is -0.143. The highest BCUT2D eigenvalue weighted by Crippen LogP contribution is 2.49. The Morgan fingerprint density at radius 2 is 1.28 bits per heavy atom. The zero-order chi connectivity index (χ0) is 18.8. The summed E-state index contributed by atoms with van der Waals surface area (Å²) in [6, 6.07) is 0.945. The van der Waals surface area contributed by atoms with Crippen molar-refractivity contribution in [1.82, 2.24) is 0 Å². The van der Waals surface area contributed by atoms with Gasteiger partial charge in [0.05, 0.1) is 27.2 Å². The largest absolute Gasteiger partial charge is 0.416 e. The summed E-state index contributed by atoms with van der Waals surface area (Å²) in [5.41, 5.74) is -5.61. The molecule has 0 radical (unpaired) electrons. The summed E-state index contributed by atoms with van der Waals surface area (Å²) < 4.78 is 102. The first kappa shape index (κ1) is 18.5. The Labute approximate surface area is 139 Å². The summed E-state index contributed by atoms with van der Waals surface area (Å²) in [7, 11) is -3.49. The quantitative estimate of drug-likeness (QED) is 0.748. The van der Waals surface area contributed by atoms with Crippen LogP contribution in [0.5, 0.6) is 0 Å². The second-order valence-electron chi connectivity index (χ2n) is 6.64. The van der Waals surface area contributed by atoms with Gasteiger partial charge in [0.15, 0.2) is 9.84 Å². The topological polar surface area (TPSA) is 54.4 Å². The van der Waals surface area contributed by atoms with Crippen LogP contribution in [-0.2, 0) is 27.8 Å². The zero-order valence-corrected chi connectivity index (χ0v) is 13.5. The molecule has 0 aromatic heterocycles. The maximum atomic E-state index is 13.0. The van der Waals surface area contributed by atoms with Crippen LogP contribution in [0.4, 0.5) is 26.3 Å². The molecule has 2 atom stereocenters. The molecule has 0 aliphatic carbocycles. The number of fused-ring (bicyclic) bond motifs is 2.